The van der Waals surface area contributed by atoms with Gasteiger partial charge in [0.25, 0.3) is 0 Å². The molecule has 0 aliphatic heterocycles. The van der Waals surface area contributed by atoms with E-state index in [4.69, 9.17) is 16.7 Å². The molecular formula is C11H12ClNO6S. The minimum Gasteiger partial charge on any atom is -0.478 e. The third kappa shape index (κ3) is 4.19. The largest absolute Gasteiger partial charge is 0.478 e. The van der Waals surface area contributed by atoms with Crippen molar-refractivity contribution in [2.45, 2.75) is 11.8 Å². The third-order valence-electron chi connectivity index (χ3n) is 2.19. The monoisotopic (exact) mass is 321 g/mol. The highest BCUT2D eigenvalue weighted by Gasteiger charge is 2.18. The maximum atomic E-state index is 11.8. The summed E-state index contributed by atoms with van der Waals surface area (Å²) in [6, 6.07) is 3.16. The fourth-order valence-electron chi connectivity index (χ4n) is 1.29. The SMILES string of the molecule is CCOC(=O)CNS(=O)(=O)c1ccc(C(=O)O)c(Cl)c1. The molecule has 0 unspecified atom stereocenters. The van der Waals surface area contributed by atoms with E-state index in [-0.39, 0.29) is 22.1 Å². The van der Waals surface area contributed by atoms with Crippen LogP contribution < -0.4 is 4.72 Å². The van der Waals surface area contributed by atoms with E-state index in [1.165, 1.54) is 0 Å². The summed E-state index contributed by atoms with van der Waals surface area (Å²) < 4.78 is 30.3. The minimum atomic E-state index is -3.97. The van der Waals surface area contributed by atoms with Crippen LogP contribution in [0.4, 0.5) is 0 Å². The summed E-state index contributed by atoms with van der Waals surface area (Å²) in [5, 5.41) is 8.57. The van der Waals surface area contributed by atoms with Crippen molar-refractivity contribution < 1.29 is 27.9 Å². The summed E-state index contributed by atoms with van der Waals surface area (Å²) in [5.74, 6) is -1.98. The Morgan fingerprint density at radius 1 is 1.40 bits per heavy atom. The van der Waals surface area contributed by atoms with E-state index in [0.717, 1.165) is 18.2 Å². The number of carboxylic acids is 1. The minimum absolute atomic E-state index is 0.139. The molecule has 0 saturated carbocycles. The van der Waals surface area contributed by atoms with Crippen molar-refractivity contribution in [2.24, 2.45) is 0 Å². The van der Waals surface area contributed by atoms with Gasteiger partial charge in [0.1, 0.15) is 6.54 Å². The first-order valence-corrected chi connectivity index (χ1v) is 7.32. The number of ether oxygens (including phenoxy) is 1. The van der Waals surface area contributed by atoms with E-state index in [1.54, 1.807) is 6.92 Å². The van der Waals surface area contributed by atoms with Crippen LogP contribution in [-0.4, -0.2) is 38.6 Å². The molecular weight excluding hydrogens is 310 g/mol. The number of hydrogen-bond donors (Lipinski definition) is 2. The van der Waals surface area contributed by atoms with E-state index in [0.29, 0.717) is 0 Å². The molecule has 1 aromatic rings. The Bertz CT molecular complexity index is 628. The molecule has 2 N–H and O–H groups in total. The number of sulfonamides is 1. The standard InChI is InChI=1S/C11H12ClNO6S/c1-2-19-10(14)6-13-20(17,18)7-3-4-8(11(15)16)9(12)5-7/h3-5,13H,2,6H2,1H3,(H,15,16). The van der Waals surface area contributed by atoms with Gasteiger partial charge < -0.3 is 9.84 Å². The topological polar surface area (TPSA) is 110 Å². The lowest BCUT2D eigenvalue weighted by atomic mass is 10.2. The van der Waals surface area contributed by atoms with Gasteiger partial charge in [0.2, 0.25) is 10.0 Å². The van der Waals surface area contributed by atoms with Crippen molar-refractivity contribution in [2.75, 3.05) is 13.2 Å². The van der Waals surface area contributed by atoms with Crippen LogP contribution in [-0.2, 0) is 19.6 Å². The van der Waals surface area contributed by atoms with Gasteiger partial charge in [-0.1, -0.05) is 11.6 Å². The number of hydrogen-bond acceptors (Lipinski definition) is 5. The smallest absolute Gasteiger partial charge is 0.337 e. The molecule has 7 nitrogen and oxygen atoms in total. The van der Waals surface area contributed by atoms with E-state index < -0.39 is 28.5 Å². The lowest BCUT2D eigenvalue weighted by Gasteiger charge is -2.07. The lowest BCUT2D eigenvalue weighted by molar-refractivity contribution is -0.141. The molecule has 0 aliphatic rings. The molecule has 1 aromatic carbocycles. The van der Waals surface area contributed by atoms with E-state index in [9.17, 15) is 18.0 Å². The van der Waals surface area contributed by atoms with Crippen molar-refractivity contribution in [3.63, 3.8) is 0 Å². The van der Waals surface area contributed by atoms with Gasteiger partial charge in [0.15, 0.2) is 0 Å². The molecule has 0 radical (unpaired) electrons. The molecule has 9 heteroatoms. The number of nitrogens with one attached hydrogen (secondary N) is 1. The van der Waals surface area contributed by atoms with Gasteiger partial charge in [-0.3, -0.25) is 4.79 Å². The summed E-state index contributed by atoms with van der Waals surface area (Å²) in [7, 11) is -3.97. The first kappa shape index (κ1) is 16.4. The highest BCUT2D eigenvalue weighted by molar-refractivity contribution is 7.89. The Hall–Kier alpha value is -1.64. The fraction of sp³-hybridized carbons (Fsp3) is 0.273. The van der Waals surface area contributed by atoms with Crippen molar-refractivity contribution in [3.8, 4) is 0 Å². The van der Waals surface area contributed by atoms with Crippen LogP contribution >= 0.6 is 11.6 Å². The van der Waals surface area contributed by atoms with Crippen molar-refractivity contribution in [3.05, 3.63) is 28.8 Å². The van der Waals surface area contributed by atoms with Gasteiger partial charge in [-0.15, -0.1) is 0 Å². The summed E-state index contributed by atoms with van der Waals surface area (Å²) in [6.45, 7) is 1.21. The number of aromatic carboxylic acids is 1. The molecule has 0 spiro atoms. The quantitative estimate of drug-likeness (QED) is 0.753. The van der Waals surface area contributed by atoms with Gasteiger partial charge in [-0.25, -0.2) is 13.2 Å². The van der Waals surface area contributed by atoms with Gasteiger partial charge >= 0.3 is 11.9 Å². The molecule has 0 fully saturated rings. The Labute approximate surface area is 120 Å². The number of esters is 1. The first-order chi connectivity index (χ1) is 9.27. The summed E-state index contributed by atoms with van der Waals surface area (Å²) in [5.41, 5.74) is -0.212. The Kier molecular flexibility index (Phi) is 5.49. The zero-order chi connectivity index (χ0) is 15.3. The maximum absolute atomic E-state index is 11.8. The zero-order valence-electron chi connectivity index (χ0n) is 10.4. The van der Waals surface area contributed by atoms with Crippen LogP contribution in [0.25, 0.3) is 0 Å². The molecule has 0 atom stereocenters. The number of rotatable bonds is 6. The van der Waals surface area contributed by atoms with Crippen LogP contribution in [0, 0.1) is 0 Å². The highest BCUT2D eigenvalue weighted by atomic mass is 35.5. The highest BCUT2D eigenvalue weighted by Crippen LogP contribution is 2.20. The average molecular weight is 322 g/mol. The molecule has 0 saturated heterocycles. The molecule has 110 valence electrons. The molecule has 1 rings (SSSR count). The van der Waals surface area contributed by atoms with Crippen molar-refractivity contribution >= 4 is 33.6 Å². The van der Waals surface area contributed by atoms with Crippen LogP contribution in [0.5, 0.6) is 0 Å². The van der Waals surface area contributed by atoms with Crippen LogP contribution in [0.15, 0.2) is 23.1 Å². The van der Waals surface area contributed by atoms with Crippen LogP contribution in [0.2, 0.25) is 5.02 Å². The normalized spacial score (nSPS) is 11.1. The summed E-state index contributed by atoms with van der Waals surface area (Å²) >= 11 is 5.68. The summed E-state index contributed by atoms with van der Waals surface area (Å²) in [4.78, 5) is 21.6. The van der Waals surface area contributed by atoms with E-state index in [2.05, 4.69) is 4.74 Å². The number of carbonyl (C=O) groups excluding carboxylic acids is 1. The predicted molar refractivity (Wildman–Crippen MR) is 70.2 cm³/mol. The Balaban J connectivity index is 2.91. The van der Waals surface area contributed by atoms with Gasteiger partial charge in [0, 0.05) is 0 Å². The molecule has 0 bridgehead atoms. The maximum Gasteiger partial charge on any atom is 0.337 e. The van der Waals surface area contributed by atoms with Crippen molar-refractivity contribution in [1.29, 1.82) is 0 Å². The number of halogens is 1. The van der Waals surface area contributed by atoms with Crippen molar-refractivity contribution in [1.82, 2.24) is 4.72 Å². The average Bonchev–Trinajstić information content (AvgIpc) is 2.36. The lowest BCUT2D eigenvalue weighted by Crippen LogP contribution is -2.30. The number of benzene rings is 1. The second-order valence-corrected chi connectivity index (χ2v) is 5.75. The zero-order valence-corrected chi connectivity index (χ0v) is 12.0. The van der Waals surface area contributed by atoms with Gasteiger partial charge in [-0.05, 0) is 25.1 Å². The van der Waals surface area contributed by atoms with Crippen LogP contribution in [0.1, 0.15) is 17.3 Å². The molecule has 0 aromatic heterocycles. The summed E-state index contributed by atoms with van der Waals surface area (Å²) in [6.07, 6.45) is 0. The van der Waals surface area contributed by atoms with E-state index >= 15 is 0 Å². The molecule has 20 heavy (non-hydrogen) atoms. The van der Waals surface area contributed by atoms with Gasteiger partial charge in [0.05, 0.1) is 22.1 Å². The van der Waals surface area contributed by atoms with E-state index in [1.807, 2.05) is 4.72 Å². The Morgan fingerprint density at radius 3 is 2.55 bits per heavy atom. The molecule has 0 heterocycles. The first-order valence-electron chi connectivity index (χ1n) is 5.46. The fourth-order valence-corrected chi connectivity index (χ4v) is 2.61. The molecule has 0 aliphatic carbocycles. The second kappa shape index (κ2) is 6.69. The molecule has 0 amide bonds. The van der Waals surface area contributed by atoms with Gasteiger partial charge in [-0.2, -0.15) is 4.72 Å². The predicted octanol–water partition coefficient (Wildman–Crippen LogP) is 0.880. The third-order valence-corrected chi connectivity index (χ3v) is 3.90. The number of carboxylic acid groups (broad SMARTS) is 1. The second-order valence-electron chi connectivity index (χ2n) is 3.58. The number of carbonyl (C=O) groups is 2. The Morgan fingerprint density at radius 2 is 2.05 bits per heavy atom. The van der Waals surface area contributed by atoms with Crippen LogP contribution in [0.3, 0.4) is 0 Å².